The Balaban J connectivity index is 2.44. The molecule has 0 radical (unpaired) electrons. The van der Waals surface area contributed by atoms with Crippen LogP contribution in [-0.4, -0.2) is 19.6 Å². The van der Waals surface area contributed by atoms with Crippen LogP contribution < -0.4 is 10.1 Å². The van der Waals surface area contributed by atoms with E-state index in [-0.39, 0.29) is 5.91 Å². The van der Waals surface area contributed by atoms with Gasteiger partial charge in [0.25, 0.3) is 5.91 Å². The number of hydrogen-bond acceptors (Lipinski definition) is 2. The van der Waals surface area contributed by atoms with Crippen molar-refractivity contribution in [3.05, 3.63) is 29.8 Å². The summed E-state index contributed by atoms with van der Waals surface area (Å²) in [6.07, 6.45) is 4.75. The molecule has 1 amide bonds. The summed E-state index contributed by atoms with van der Waals surface area (Å²) in [4.78, 5) is 12.0. The molecule has 3 nitrogen and oxygen atoms in total. The van der Waals surface area contributed by atoms with Crippen molar-refractivity contribution in [2.75, 3.05) is 13.7 Å². The molecular formula is C16H25NO2. The summed E-state index contributed by atoms with van der Waals surface area (Å²) in [5.41, 5.74) is 0.686. The molecule has 0 unspecified atom stereocenters. The third-order valence-corrected chi connectivity index (χ3v) is 3.45. The molecule has 106 valence electrons. The molecule has 3 heteroatoms. The lowest BCUT2D eigenvalue weighted by molar-refractivity contribution is 0.0946. The molecular weight excluding hydrogens is 238 g/mol. The second-order valence-electron chi connectivity index (χ2n) is 4.86. The Morgan fingerprint density at radius 1 is 1.26 bits per heavy atom. The lowest BCUT2D eigenvalue weighted by Gasteiger charge is -2.15. The number of benzene rings is 1. The highest BCUT2D eigenvalue weighted by atomic mass is 16.5. The van der Waals surface area contributed by atoms with Crippen LogP contribution in [0, 0.1) is 5.92 Å². The highest BCUT2D eigenvalue weighted by Gasteiger charge is 2.09. The number of carbonyl (C=O) groups excluding carboxylic acids is 1. The van der Waals surface area contributed by atoms with Crippen molar-refractivity contribution < 1.29 is 9.53 Å². The molecule has 0 heterocycles. The largest absolute Gasteiger partial charge is 0.497 e. The molecule has 19 heavy (non-hydrogen) atoms. The Bertz CT molecular complexity index is 373. The van der Waals surface area contributed by atoms with Crippen LogP contribution in [0.5, 0.6) is 5.75 Å². The van der Waals surface area contributed by atoms with Crippen molar-refractivity contribution in [1.29, 1.82) is 0 Å². The van der Waals surface area contributed by atoms with Gasteiger partial charge < -0.3 is 10.1 Å². The second kappa shape index (κ2) is 8.57. The quantitative estimate of drug-likeness (QED) is 0.777. The van der Waals surface area contributed by atoms with Crippen molar-refractivity contribution in [1.82, 2.24) is 5.32 Å². The molecule has 0 aromatic heterocycles. The Hall–Kier alpha value is -1.51. The van der Waals surface area contributed by atoms with Crippen molar-refractivity contribution in [3.8, 4) is 5.75 Å². The fourth-order valence-electron chi connectivity index (χ4n) is 2.02. The van der Waals surface area contributed by atoms with Gasteiger partial charge in [-0.05, 0) is 36.6 Å². The number of rotatable bonds is 8. The van der Waals surface area contributed by atoms with E-state index >= 15 is 0 Å². The first-order valence-corrected chi connectivity index (χ1v) is 7.13. The molecule has 1 aromatic rings. The standard InChI is InChI=1S/C16H25NO2/c1-4-6-7-13(5-2)12-17-16(18)14-8-10-15(19-3)11-9-14/h8-11,13H,4-7,12H2,1-3H3,(H,17,18)/t13-/m1/s1. The van der Waals surface area contributed by atoms with Crippen LogP contribution in [0.2, 0.25) is 0 Å². The van der Waals surface area contributed by atoms with E-state index in [4.69, 9.17) is 4.74 Å². The van der Waals surface area contributed by atoms with Crippen LogP contribution in [0.3, 0.4) is 0 Å². The van der Waals surface area contributed by atoms with Gasteiger partial charge in [0.05, 0.1) is 7.11 Å². The van der Waals surface area contributed by atoms with Crippen LogP contribution in [0.1, 0.15) is 49.9 Å². The first-order chi connectivity index (χ1) is 9.21. The number of ether oxygens (including phenoxy) is 1. The number of unbranched alkanes of at least 4 members (excludes halogenated alkanes) is 1. The normalized spacial score (nSPS) is 11.9. The van der Waals surface area contributed by atoms with Gasteiger partial charge in [-0.3, -0.25) is 4.79 Å². The summed E-state index contributed by atoms with van der Waals surface area (Å²) >= 11 is 0. The maximum Gasteiger partial charge on any atom is 0.251 e. The minimum absolute atomic E-state index is 0.00222. The summed E-state index contributed by atoms with van der Waals surface area (Å²) in [5, 5.41) is 3.02. The Kier molecular flexibility index (Phi) is 7.01. The average molecular weight is 263 g/mol. The fraction of sp³-hybridized carbons (Fsp3) is 0.562. The Morgan fingerprint density at radius 2 is 1.95 bits per heavy atom. The number of amides is 1. The molecule has 1 aromatic carbocycles. The van der Waals surface area contributed by atoms with E-state index in [1.807, 2.05) is 12.1 Å². The Morgan fingerprint density at radius 3 is 2.47 bits per heavy atom. The predicted molar refractivity (Wildman–Crippen MR) is 78.6 cm³/mol. The summed E-state index contributed by atoms with van der Waals surface area (Å²) in [6.45, 7) is 5.14. The molecule has 0 saturated carbocycles. The van der Waals surface area contributed by atoms with Gasteiger partial charge in [-0.2, -0.15) is 0 Å². The van der Waals surface area contributed by atoms with Crippen molar-refractivity contribution in [3.63, 3.8) is 0 Å². The van der Waals surface area contributed by atoms with Crippen LogP contribution in [0.25, 0.3) is 0 Å². The molecule has 0 aliphatic heterocycles. The molecule has 1 rings (SSSR count). The molecule has 1 N–H and O–H groups in total. The molecule has 0 fully saturated rings. The maximum absolute atomic E-state index is 12.0. The SMILES string of the molecule is CCCC[C@@H](CC)CNC(=O)c1ccc(OC)cc1. The molecule has 0 saturated heterocycles. The zero-order valence-electron chi connectivity index (χ0n) is 12.2. The lowest BCUT2D eigenvalue weighted by atomic mass is 9.99. The second-order valence-corrected chi connectivity index (χ2v) is 4.86. The number of methoxy groups -OCH3 is 1. The molecule has 0 aliphatic carbocycles. The van der Waals surface area contributed by atoms with Gasteiger partial charge in [0, 0.05) is 12.1 Å². The summed E-state index contributed by atoms with van der Waals surface area (Å²) in [5.74, 6) is 1.35. The van der Waals surface area contributed by atoms with E-state index in [1.54, 1.807) is 19.2 Å². The summed E-state index contributed by atoms with van der Waals surface area (Å²) < 4.78 is 5.08. The first-order valence-electron chi connectivity index (χ1n) is 7.13. The smallest absolute Gasteiger partial charge is 0.251 e. The molecule has 0 aliphatic rings. The van der Waals surface area contributed by atoms with Crippen molar-refractivity contribution >= 4 is 5.91 Å². The van der Waals surface area contributed by atoms with Gasteiger partial charge in [-0.1, -0.05) is 33.1 Å². The zero-order chi connectivity index (χ0) is 14.1. The van der Waals surface area contributed by atoms with Gasteiger partial charge in [-0.25, -0.2) is 0 Å². The van der Waals surface area contributed by atoms with Gasteiger partial charge in [0.1, 0.15) is 5.75 Å². The van der Waals surface area contributed by atoms with Gasteiger partial charge in [-0.15, -0.1) is 0 Å². The van der Waals surface area contributed by atoms with E-state index in [9.17, 15) is 4.79 Å². The van der Waals surface area contributed by atoms with Crippen LogP contribution in [-0.2, 0) is 0 Å². The van der Waals surface area contributed by atoms with Gasteiger partial charge >= 0.3 is 0 Å². The van der Waals surface area contributed by atoms with E-state index in [0.29, 0.717) is 11.5 Å². The summed E-state index contributed by atoms with van der Waals surface area (Å²) in [7, 11) is 1.62. The first kappa shape index (κ1) is 15.5. The third-order valence-electron chi connectivity index (χ3n) is 3.45. The van der Waals surface area contributed by atoms with E-state index in [2.05, 4.69) is 19.2 Å². The zero-order valence-corrected chi connectivity index (χ0v) is 12.2. The molecule has 0 bridgehead atoms. The minimum Gasteiger partial charge on any atom is -0.497 e. The summed E-state index contributed by atoms with van der Waals surface area (Å²) in [6, 6.07) is 7.20. The average Bonchev–Trinajstić information content (AvgIpc) is 2.47. The van der Waals surface area contributed by atoms with E-state index in [1.165, 1.54) is 19.3 Å². The number of nitrogens with one attached hydrogen (secondary N) is 1. The molecule has 0 spiro atoms. The van der Waals surface area contributed by atoms with Gasteiger partial charge in [0.2, 0.25) is 0 Å². The molecule has 1 atom stereocenters. The third kappa shape index (κ3) is 5.33. The fourth-order valence-corrected chi connectivity index (χ4v) is 2.02. The van der Waals surface area contributed by atoms with Gasteiger partial charge in [0.15, 0.2) is 0 Å². The van der Waals surface area contributed by atoms with Crippen molar-refractivity contribution in [2.24, 2.45) is 5.92 Å². The monoisotopic (exact) mass is 263 g/mol. The highest BCUT2D eigenvalue weighted by molar-refractivity contribution is 5.94. The minimum atomic E-state index is -0.00222. The van der Waals surface area contributed by atoms with Crippen LogP contribution in [0.15, 0.2) is 24.3 Å². The van der Waals surface area contributed by atoms with Crippen molar-refractivity contribution in [2.45, 2.75) is 39.5 Å². The lowest BCUT2D eigenvalue weighted by Crippen LogP contribution is -2.29. The van der Waals surface area contributed by atoms with E-state index in [0.717, 1.165) is 18.7 Å². The topological polar surface area (TPSA) is 38.3 Å². The number of carbonyl (C=O) groups is 1. The van der Waals surface area contributed by atoms with Crippen LogP contribution in [0.4, 0.5) is 0 Å². The highest BCUT2D eigenvalue weighted by Crippen LogP contribution is 2.13. The van der Waals surface area contributed by atoms with Crippen LogP contribution >= 0.6 is 0 Å². The number of hydrogen-bond donors (Lipinski definition) is 1. The maximum atomic E-state index is 12.0. The predicted octanol–water partition coefficient (Wildman–Crippen LogP) is 3.64. The van der Waals surface area contributed by atoms with E-state index < -0.39 is 0 Å². The Labute approximate surface area is 116 Å².